The molecular formula is C11H18O. The zero-order valence-electron chi connectivity index (χ0n) is 7.67. The predicted molar refractivity (Wildman–Crippen MR) is 51.0 cm³/mol. The van der Waals surface area contributed by atoms with Crippen LogP contribution in [-0.4, -0.2) is 6.29 Å². The van der Waals surface area contributed by atoms with E-state index < -0.39 is 0 Å². The summed E-state index contributed by atoms with van der Waals surface area (Å²) in [5.41, 5.74) is 0. The van der Waals surface area contributed by atoms with Crippen LogP contribution in [0.25, 0.3) is 0 Å². The molecule has 0 unspecified atom stereocenters. The zero-order chi connectivity index (χ0) is 8.65. The summed E-state index contributed by atoms with van der Waals surface area (Å²) in [4.78, 5) is 10.0. The van der Waals surface area contributed by atoms with Gasteiger partial charge in [0.1, 0.15) is 6.29 Å². The normalized spacial score (nSPS) is 21.0. The zero-order valence-corrected chi connectivity index (χ0v) is 7.67. The third-order valence-electron chi connectivity index (χ3n) is 2.66. The number of allylic oxidation sites excluding steroid dienone is 2. The second kappa shape index (κ2) is 5.99. The molecule has 1 fully saturated rings. The lowest BCUT2D eigenvalue weighted by Crippen LogP contribution is -1.95. The molecule has 0 aromatic carbocycles. The molecule has 0 aromatic heterocycles. The lowest BCUT2D eigenvalue weighted by Gasteiger charge is -2.09. The minimum atomic E-state index is 0.851. The van der Waals surface area contributed by atoms with Crippen molar-refractivity contribution in [3.8, 4) is 0 Å². The number of carbonyl (C=O) groups is 1. The van der Waals surface area contributed by atoms with E-state index in [9.17, 15) is 4.79 Å². The number of carbonyl (C=O) groups excluding carboxylic acids is 1. The summed E-state index contributed by atoms with van der Waals surface area (Å²) in [7, 11) is 0. The molecule has 1 aliphatic carbocycles. The maximum atomic E-state index is 10.0. The molecule has 0 heterocycles. The molecule has 0 amide bonds. The first-order valence-electron chi connectivity index (χ1n) is 5.04. The van der Waals surface area contributed by atoms with Crippen LogP contribution in [0.4, 0.5) is 0 Å². The van der Waals surface area contributed by atoms with E-state index in [4.69, 9.17) is 0 Å². The lowest BCUT2D eigenvalue weighted by molar-refractivity contribution is -0.104. The Morgan fingerprint density at radius 3 is 2.33 bits per heavy atom. The summed E-state index contributed by atoms with van der Waals surface area (Å²) in [5.74, 6) is 0.851. The Balaban J connectivity index is 2.20. The van der Waals surface area contributed by atoms with Gasteiger partial charge >= 0.3 is 0 Å². The molecule has 0 N–H and O–H groups in total. The third kappa shape index (κ3) is 3.70. The van der Waals surface area contributed by atoms with E-state index in [1.54, 1.807) is 6.08 Å². The van der Waals surface area contributed by atoms with Crippen LogP contribution in [0.5, 0.6) is 0 Å². The van der Waals surface area contributed by atoms with Crippen molar-refractivity contribution in [2.75, 3.05) is 0 Å². The molecule has 0 saturated heterocycles. The van der Waals surface area contributed by atoms with Gasteiger partial charge in [-0.1, -0.05) is 44.6 Å². The van der Waals surface area contributed by atoms with Gasteiger partial charge in [0.15, 0.2) is 0 Å². The van der Waals surface area contributed by atoms with Gasteiger partial charge in [0.25, 0.3) is 0 Å². The minimum absolute atomic E-state index is 0.851. The second-order valence-corrected chi connectivity index (χ2v) is 3.66. The summed E-state index contributed by atoms with van der Waals surface area (Å²) in [6.45, 7) is 0. The Hall–Kier alpha value is -0.590. The number of aldehydes is 1. The average Bonchev–Trinajstić information content (AvgIpc) is 2.33. The molecule has 0 bridgehead atoms. The van der Waals surface area contributed by atoms with Crippen LogP contribution < -0.4 is 0 Å². The highest BCUT2D eigenvalue weighted by atomic mass is 16.1. The second-order valence-electron chi connectivity index (χ2n) is 3.66. The highest BCUT2D eigenvalue weighted by Crippen LogP contribution is 2.25. The Bertz CT molecular complexity index is 141. The Labute approximate surface area is 74.9 Å². The molecule has 0 atom stereocenters. The quantitative estimate of drug-likeness (QED) is 0.357. The maximum Gasteiger partial charge on any atom is 0.142 e. The third-order valence-corrected chi connectivity index (χ3v) is 2.66. The topological polar surface area (TPSA) is 17.1 Å². The van der Waals surface area contributed by atoms with Crippen LogP contribution >= 0.6 is 0 Å². The summed E-state index contributed by atoms with van der Waals surface area (Å²) >= 11 is 0. The van der Waals surface area contributed by atoms with E-state index in [1.807, 2.05) is 6.08 Å². The van der Waals surface area contributed by atoms with Gasteiger partial charge in [0.2, 0.25) is 0 Å². The molecule has 0 radical (unpaired) electrons. The summed E-state index contributed by atoms with van der Waals surface area (Å²) < 4.78 is 0. The molecule has 68 valence electrons. The van der Waals surface area contributed by atoms with E-state index in [1.165, 1.54) is 38.5 Å². The Kier molecular flexibility index (Phi) is 4.74. The van der Waals surface area contributed by atoms with Crippen molar-refractivity contribution in [3.05, 3.63) is 12.2 Å². The number of hydrogen-bond donors (Lipinski definition) is 0. The maximum absolute atomic E-state index is 10.0. The lowest BCUT2D eigenvalue weighted by atomic mass is 9.97. The number of hydrogen-bond acceptors (Lipinski definition) is 1. The first kappa shape index (κ1) is 9.50. The fourth-order valence-electron chi connectivity index (χ4n) is 1.93. The summed E-state index contributed by atoms with van der Waals surface area (Å²) in [5, 5.41) is 0. The van der Waals surface area contributed by atoms with Crippen LogP contribution in [0.3, 0.4) is 0 Å². The molecular weight excluding hydrogens is 148 g/mol. The fraction of sp³-hybridized carbons (Fsp3) is 0.727. The van der Waals surface area contributed by atoms with Crippen molar-refractivity contribution >= 4 is 6.29 Å². The molecule has 1 nitrogen and oxygen atoms in total. The van der Waals surface area contributed by atoms with Crippen LogP contribution in [-0.2, 0) is 4.79 Å². The van der Waals surface area contributed by atoms with Gasteiger partial charge in [-0.15, -0.1) is 0 Å². The van der Waals surface area contributed by atoms with Crippen LogP contribution in [0.2, 0.25) is 0 Å². The molecule has 1 saturated carbocycles. The van der Waals surface area contributed by atoms with Crippen LogP contribution in [0, 0.1) is 5.92 Å². The first-order chi connectivity index (χ1) is 5.93. The largest absolute Gasteiger partial charge is 0.299 e. The molecule has 0 spiro atoms. The summed E-state index contributed by atoms with van der Waals surface area (Å²) in [6, 6.07) is 0. The van der Waals surface area contributed by atoms with Crippen molar-refractivity contribution < 1.29 is 4.79 Å². The fourth-order valence-corrected chi connectivity index (χ4v) is 1.93. The van der Waals surface area contributed by atoms with Crippen molar-refractivity contribution in [1.29, 1.82) is 0 Å². The van der Waals surface area contributed by atoms with Crippen molar-refractivity contribution in [2.45, 2.75) is 44.9 Å². The Morgan fingerprint density at radius 2 is 1.75 bits per heavy atom. The molecule has 0 aliphatic heterocycles. The van der Waals surface area contributed by atoms with E-state index in [0.717, 1.165) is 18.6 Å². The summed E-state index contributed by atoms with van der Waals surface area (Å²) in [6.07, 6.45) is 14.0. The smallest absolute Gasteiger partial charge is 0.142 e. The van der Waals surface area contributed by atoms with E-state index in [2.05, 4.69) is 0 Å². The van der Waals surface area contributed by atoms with Gasteiger partial charge in [-0.3, -0.25) is 4.79 Å². The van der Waals surface area contributed by atoms with E-state index in [-0.39, 0.29) is 0 Å². The molecule has 0 aromatic rings. The van der Waals surface area contributed by atoms with Gasteiger partial charge in [-0.05, 0) is 18.4 Å². The van der Waals surface area contributed by atoms with Gasteiger partial charge < -0.3 is 0 Å². The van der Waals surface area contributed by atoms with Crippen LogP contribution in [0.1, 0.15) is 44.9 Å². The van der Waals surface area contributed by atoms with Crippen molar-refractivity contribution in [3.63, 3.8) is 0 Å². The van der Waals surface area contributed by atoms with E-state index >= 15 is 0 Å². The van der Waals surface area contributed by atoms with Gasteiger partial charge in [-0.25, -0.2) is 0 Å². The van der Waals surface area contributed by atoms with Gasteiger partial charge in [0, 0.05) is 0 Å². The standard InChI is InChI=1S/C11H18O/c12-10-6-5-9-11-7-3-1-2-4-8-11/h5-6,10-11H,1-4,7-9H2/b6-5+. The molecule has 1 heteroatoms. The average molecular weight is 166 g/mol. The SMILES string of the molecule is O=C/C=C/CC1CCCCCC1. The predicted octanol–water partition coefficient (Wildman–Crippen LogP) is 3.10. The molecule has 1 rings (SSSR count). The van der Waals surface area contributed by atoms with Crippen molar-refractivity contribution in [1.82, 2.24) is 0 Å². The monoisotopic (exact) mass is 166 g/mol. The molecule has 1 aliphatic rings. The van der Waals surface area contributed by atoms with Gasteiger partial charge in [-0.2, -0.15) is 0 Å². The number of rotatable bonds is 3. The molecule has 12 heavy (non-hydrogen) atoms. The van der Waals surface area contributed by atoms with E-state index in [0.29, 0.717) is 0 Å². The highest BCUT2D eigenvalue weighted by molar-refractivity contribution is 5.64. The van der Waals surface area contributed by atoms with Crippen molar-refractivity contribution in [2.24, 2.45) is 5.92 Å². The first-order valence-corrected chi connectivity index (χ1v) is 5.04. The Morgan fingerprint density at radius 1 is 1.08 bits per heavy atom. The highest BCUT2D eigenvalue weighted by Gasteiger charge is 2.09. The minimum Gasteiger partial charge on any atom is -0.299 e. The van der Waals surface area contributed by atoms with Gasteiger partial charge in [0.05, 0.1) is 0 Å². The van der Waals surface area contributed by atoms with Crippen LogP contribution in [0.15, 0.2) is 12.2 Å².